The van der Waals surface area contributed by atoms with Gasteiger partial charge in [-0.05, 0) is 35.3 Å². The molecule has 0 spiro atoms. The fourth-order valence-electron chi connectivity index (χ4n) is 2.47. The summed E-state index contributed by atoms with van der Waals surface area (Å²) in [5.74, 6) is 0.914. The van der Waals surface area contributed by atoms with Crippen LogP contribution in [-0.4, -0.2) is 6.61 Å². The molecule has 0 radical (unpaired) electrons. The summed E-state index contributed by atoms with van der Waals surface area (Å²) in [5.41, 5.74) is 7.48. The Hall–Kier alpha value is -1.80. The molecule has 2 aromatic carbocycles. The highest BCUT2D eigenvalue weighted by Gasteiger charge is 2.17. The van der Waals surface area contributed by atoms with Crippen molar-refractivity contribution >= 4 is 10.8 Å². The van der Waals surface area contributed by atoms with Crippen LogP contribution < -0.4 is 5.73 Å². The lowest BCUT2D eigenvalue weighted by Gasteiger charge is -2.22. The first-order valence-electron chi connectivity index (χ1n) is 6.42. The molecule has 2 heteroatoms. The van der Waals surface area contributed by atoms with E-state index in [9.17, 15) is 0 Å². The second-order valence-electron chi connectivity index (χ2n) is 4.64. The minimum absolute atomic E-state index is 0.156. The maximum absolute atomic E-state index is 6.34. The number of allylic oxidation sites excluding steroid dienone is 1. The minimum Gasteiger partial charge on any atom is -0.496 e. The van der Waals surface area contributed by atoms with Crippen molar-refractivity contribution in [3.8, 4) is 0 Å². The highest BCUT2D eigenvalue weighted by molar-refractivity contribution is 5.86. The van der Waals surface area contributed by atoms with Crippen molar-refractivity contribution in [2.45, 2.75) is 18.9 Å². The third-order valence-corrected chi connectivity index (χ3v) is 3.43. The molecule has 0 amide bonds. The summed E-state index contributed by atoms with van der Waals surface area (Å²) in [5, 5.41) is 2.43. The highest BCUT2D eigenvalue weighted by Crippen LogP contribution is 2.29. The zero-order valence-electron chi connectivity index (χ0n) is 10.3. The molecular weight excluding hydrogens is 222 g/mol. The molecule has 0 aliphatic carbocycles. The highest BCUT2D eigenvalue weighted by atomic mass is 16.5. The molecule has 18 heavy (non-hydrogen) atoms. The molecule has 0 saturated carbocycles. The van der Waals surface area contributed by atoms with Crippen LogP contribution in [0.4, 0.5) is 0 Å². The lowest BCUT2D eigenvalue weighted by Crippen LogP contribution is -2.18. The molecule has 0 aromatic heterocycles. The van der Waals surface area contributed by atoms with Gasteiger partial charge in [-0.2, -0.15) is 0 Å². The van der Waals surface area contributed by atoms with Crippen molar-refractivity contribution in [2.75, 3.05) is 6.61 Å². The van der Waals surface area contributed by atoms with E-state index in [-0.39, 0.29) is 6.04 Å². The van der Waals surface area contributed by atoms with Gasteiger partial charge < -0.3 is 10.5 Å². The summed E-state index contributed by atoms with van der Waals surface area (Å²) in [4.78, 5) is 0. The van der Waals surface area contributed by atoms with Crippen molar-refractivity contribution in [1.29, 1.82) is 0 Å². The van der Waals surface area contributed by atoms with E-state index in [0.29, 0.717) is 0 Å². The Morgan fingerprint density at radius 3 is 2.72 bits per heavy atom. The van der Waals surface area contributed by atoms with Crippen LogP contribution in [0.15, 0.2) is 54.3 Å². The first-order valence-corrected chi connectivity index (χ1v) is 6.42. The molecule has 2 aromatic rings. The molecule has 0 fully saturated rings. The van der Waals surface area contributed by atoms with Crippen molar-refractivity contribution in [3.05, 3.63) is 59.9 Å². The molecular formula is C16H17NO. The number of rotatable bonds is 2. The van der Waals surface area contributed by atoms with Crippen LogP contribution in [0, 0.1) is 0 Å². The topological polar surface area (TPSA) is 35.2 Å². The van der Waals surface area contributed by atoms with Gasteiger partial charge in [-0.15, -0.1) is 0 Å². The number of fused-ring (bicyclic) bond motifs is 1. The molecule has 3 rings (SSSR count). The Labute approximate surface area is 107 Å². The van der Waals surface area contributed by atoms with Gasteiger partial charge in [0.25, 0.3) is 0 Å². The number of ether oxygens (including phenoxy) is 1. The molecule has 1 unspecified atom stereocenters. The maximum Gasteiger partial charge on any atom is 0.113 e. The Morgan fingerprint density at radius 2 is 1.89 bits per heavy atom. The fourth-order valence-corrected chi connectivity index (χ4v) is 2.47. The molecule has 2 nitrogen and oxygen atoms in total. The molecule has 92 valence electrons. The van der Waals surface area contributed by atoms with Gasteiger partial charge in [0, 0.05) is 0 Å². The van der Waals surface area contributed by atoms with Gasteiger partial charge >= 0.3 is 0 Å². The van der Waals surface area contributed by atoms with Crippen molar-refractivity contribution < 1.29 is 4.74 Å². The molecule has 1 aliphatic rings. The van der Waals surface area contributed by atoms with Crippen LogP contribution in [0.2, 0.25) is 0 Å². The van der Waals surface area contributed by atoms with Crippen LogP contribution in [0.5, 0.6) is 0 Å². The van der Waals surface area contributed by atoms with E-state index in [1.165, 1.54) is 10.8 Å². The van der Waals surface area contributed by atoms with Gasteiger partial charge in [-0.25, -0.2) is 0 Å². The lowest BCUT2D eigenvalue weighted by molar-refractivity contribution is 0.176. The van der Waals surface area contributed by atoms with Gasteiger partial charge in [0.1, 0.15) is 5.76 Å². The van der Waals surface area contributed by atoms with Gasteiger partial charge in [0.2, 0.25) is 0 Å². The van der Waals surface area contributed by atoms with Crippen LogP contribution in [-0.2, 0) is 4.74 Å². The smallest absolute Gasteiger partial charge is 0.113 e. The van der Waals surface area contributed by atoms with Crippen LogP contribution >= 0.6 is 0 Å². The molecule has 1 heterocycles. The third-order valence-electron chi connectivity index (χ3n) is 3.43. The van der Waals surface area contributed by atoms with Crippen molar-refractivity contribution in [3.63, 3.8) is 0 Å². The van der Waals surface area contributed by atoms with Crippen molar-refractivity contribution in [1.82, 2.24) is 0 Å². The summed E-state index contributed by atoms with van der Waals surface area (Å²) in [7, 11) is 0. The summed E-state index contributed by atoms with van der Waals surface area (Å²) < 4.78 is 5.68. The largest absolute Gasteiger partial charge is 0.496 e. The first kappa shape index (κ1) is 11.3. The van der Waals surface area contributed by atoms with Gasteiger partial charge in [0.15, 0.2) is 0 Å². The van der Waals surface area contributed by atoms with E-state index < -0.39 is 0 Å². The molecule has 1 aliphatic heterocycles. The van der Waals surface area contributed by atoms with E-state index in [1.807, 2.05) is 6.07 Å². The number of hydrogen-bond acceptors (Lipinski definition) is 2. The van der Waals surface area contributed by atoms with Crippen molar-refractivity contribution in [2.24, 2.45) is 5.73 Å². The predicted molar refractivity (Wildman–Crippen MR) is 74.1 cm³/mol. The normalized spacial score (nSPS) is 17.1. The van der Waals surface area contributed by atoms with Gasteiger partial charge in [-0.3, -0.25) is 0 Å². The van der Waals surface area contributed by atoms with Crippen LogP contribution in [0.3, 0.4) is 0 Å². The van der Waals surface area contributed by atoms with E-state index in [4.69, 9.17) is 10.5 Å². The van der Waals surface area contributed by atoms with E-state index in [0.717, 1.165) is 30.8 Å². The SMILES string of the molecule is NC(C1=CCCCO1)c1cccc2ccccc12. The summed E-state index contributed by atoms with van der Waals surface area (Å²) in [6.45, 7) is 0.782. The summed E-state index contributed by atoms with van der Waals surface area (Å²) in [6, 6.07) is 14.4. The zero-order chi connectivity index (χ0) is 12.4. The Morgan fingerprint density at radius 1 is 1.06 bits per heavy atom. The lowest BCUT2D eigenvalue weighted by atomic mass is 9.97. The third kappa shape index (κ3) is 2.00. The fraction of sp³-hybridized carbons (Fsp3) is 0.250. The summed E-state index contributed by atoms with van der Waals surface area (Å²) in [6.07, 6.45) is 4.27. The Balaban J connectivity index is 2.05. The number of nitrogens with two attached hydrogens (primary N) is 1. The van der Waals surface area contributed by atoms with Gasteiger partial charge in [-0.1, -0.05) is 42.5 Å². The average molecular weight is 239 g/mol. The summed E-state index contributed by atoms with van der Waals surface area (Å²) >= 11 is 0. The Bertz CT molecular complexity index is 583. The van der Waals surface area contributed by atoms with E-state index in [1.54, 1.807) is 0 Å². The van der Waals surface area contributed by atoms with E-state index in [2.05, 4.69) is 42.5 Å². The quantitative estimate of drug-likeness (QED) is 0.870. The average Bonchev–Trinajstić information content (AvgIpc) is 2.47. The maximum atomic E-state index is 6.34. The molecule has 1 atom stereocenters. The predicted octanol–water partition coefficient (Wildman–Crippen LogP) is 3.53. The van der Waals surface area contributed by atoms with Gasteiger partial charge in [0.05, 0.1) is 12.6 Å². The molecule has 2 N–H and O–H groups in total. The van der Waals surface area contributed by atoms with E-state index >= 15 is 0 Å². The molecule has 0 bridgehead atoms. The minimum atomic E-state index is -0.156. The zero-order valence-corrected chi connectivity index (χ0v) is 10.3. The number of benzene rings is 2. The standard InChI is InChI=1S/C16H17NO/c17-16(15-10-3-4-11-18-15)14-9-5-7-12-6-1-2-8-13(12)14/h1-2,5-10,16H,3-4,11,17H2. The Kier molecular flexibility index (Phi) is 3.03. The monoisotopic (exact) mass is 239 g/mol. The second-order valence-corrected chi connectivity index (χ2v) is 4.64. The molecule has 0 saturated heterocycles. The first-order chi connectivity index (χ1) is 8.86. The second kappa shape index (κ2) is 4.83. The van der Waals surface area contributed by atoms with Crippen LogP contribution in [0.25, 0.3) is 10.8 Å². The van der Waals surface area contributed by atoms with Crippen LogP contribution in [0.1, 0.15) is 24.4 Å². The number of hydrogen-bond donors (Lipinski definition) is 1.